The summed E-state index contributed by atoms with van der Waals surface area (Å²) in [5.74, 6) is -1.42. The lowest BCUT2D eigenvalue weighted by Gasteiger charge is -1.99. The number of carboxylic acid groups (broad SMARTS) is 1. The van der Waals surface area contributed by atoms with Gasteiger partial charge in [0, 0.05) is 19.0 Å². The molecular formula is C18H24N2O7. The summed E-state index contributed by atoms with van der Waals surface area (Å²) in [6.45, 7) is 7.29. The van der Waals surface area contributed by atoms with Gasteiger partial charge in [-0.2, -0.15) is 0 Å². The van der Waals surface area contributed by atoms with Gasteiger partial charge in [0.15, 0.2) is 12.6 Å². The van der Waals surface area contributed by atoms with Crippen LogP contribution in [0, 0.1) is 13.8 Å². The van der Waals surface area contributed by atoms with Gasteiger partial charge in [0.25, 0.3) is 0 Å². The molecule has 0 radical (unpaired) electrons. The van der Waals surface area contributed by atoms with Crippen molar-refractivity contribution in [1.29, 1.82) is 0 Å². The Morgan fingerprint density at radius 2 is 1.41 bits per heavy atom. The molecule has 0 bridgehead atoms. The lowest BCUT2D eigenvalue weighted by molar-refractivity contribution is 0.0525. The molecule has 9 nitrogen and oxygen atoms in total. The van der Waals surface area contributed by atoms with Crippen LogP contribution in [0.3, 0.4) is 0 Å². The summed E-state index contributed by atoms with van der Waals surface area (Å²) in [7, 11) is 0. The van der Waals surface area contributed by atoms with Crippen molar-refractivity contribution in [1.82, 2.24) is 9.97 Å². The minimum atomic E-state index is -1.02. The van der Waals surface area contributed by atoms with Crippen LogP contribution in [0.15, 0.2) is 12.4 Å². The maximum Gasteiger partial charge on any atom is 0.339 e. The SMILES string of the molecule is CCO.CCOC(=O)c1c[nH]c(C=O)c1C.Cc1c(C(=O)O)c[nH]c1C=O. The van der Waals surface area contributed by atoms with E-state index in [1.54, 1.807) is 27.7 Å². The second-order valence-corrected chi connectivity index (χ2v) is 5.06. The van der Waals surface area contributed by atoms with Crippen molar-refractivity contribution in [3.8, 4) is 0 Å². The third-order valence-corrected chi connectivity index (χ3v) is 3.32. The molecule has 2 heterocycles. The smallest absolute Gasteiger partial charge is 0.339 e. The first-order chi connectivity index (χ1) is 12.8. The predicted molar refractivity (Wildman–Crippen MR) is 97.5 cm³/mol. The lowest BCUT2D eigenvalue weighted by Crippen LogP contribution is -2.04. The van der Waals surface area contributed by atoms with Crippen LogP contribution < -0.4 is 0 Å². The summed E-state index contributed by atoms with van der Waals surface area (Å²) in [5, 5.41) is 16.1. The first kappa shape index (κ1) is 23.8. The number of aromatic nitrogens is 2. The van der Waals surface area contributed by atoms with Crippen molar-refractivity contribution in [2.75, 3.05) is 13.2 Å². The standard InChI is InChI=1S/C9H11NO3.C7H7NO3.C2H6O/c1-3-13-9(12)7-4-10-8(5-11)6(7)2;1-4-5(7(10)11)2-8-6(4)3-9;1-2-3/h4-5,10H,3H2,1-2H3;2-3,8H,1H3,(H,10,11);3H,2H2,1H3. The Morgan fingerprint density at radius 1 is 1.00 bits per heavy atom. The molecule has 0 fully saturated rings. The molecule has 2 rings (SSSR count). The van der Waals surface area contributed by atoms with Crippen LogP contribution in [-0.2, 0) is 4.74 Å². The van der Waals surface area contributed by atoms with E-state index >= 15 is 0 Å². The molecule has 0 atom stereocenters. The number of hydrogen-bond acceptors (Lipinski definition) is 6. The van der Waals surface area contributed by atoms with Crippen LogP contribution in [0.5, 0.6) is 0 Å². The molecule has 0 aliphatic carbocycles. The maximum atomic E-state index is 11.2. The Labute approximate surface area is 156 Å². The number of hydrogen-bond donors (Lipinski definition) is 4. The van der Waals surface area contributed by atoms with E-state index in [1.165, 1.54) is 12.4 Å². The molecule has 0 aliphatic heterocycles. The van der Waals surface area contributed by atoms with Gasteiger partial charge in [-0.25, -0.2) is 9.59 Å². The van der Waals surface area contributed by atoms with Crippen molar-refractivity contribution >= 4 is 24.5 Å². The Bertz CT molecular complexity index is 775. The van der Waals surface area contributed by atoms with Crippen LogP contribution in [0.2, 0.25) is 0 Å². The van der Waals surface area contributed by atoms with Crippen LogP contribution >= 0.6 is 0 Å². The normalized spacial score (nSPS) is 9.22. The number of ether oxygens (including phenoxy) is 1. The molecule has 0 saturated carbocycles. The minimum Gasteiger partial charge on any atom is -0.478 e. The second kappa shape index (κ2) is 12.2. The molecule has 0 spiro atoms. The van der Waals surface area contributed by atoms with Crippen molar-refractivity contribution in [2.45, 2.75) is 27.7 Å². The van der Waals surface area contributed by atoms with Gasteiger partial charge in [0.05, 0.1) is 29.1 Å². The first-order valence-electron chi connectivity index (χ1n) is 8.06. The Kier molecular flexibility index (Phi) is 10.8. The lowest BCUT2D eigenvalue weighted by atomic mass is 10.2. The van der Waals surface area contributed by atoms with Crippen molar-refractivity contribution in [3.05, 3.63) is 46.0 Å². The highest BCUT2D eigenvalue weighted by Crippen LogP contribution is 2.12. The van der Waals surface area contributed by atoms with Gasteiger partial charge in [0.2, 0.25) is 0 Å². The van der Waals surface area contributed by atoms with Crippen LogP contribution in [0.4, 0.5) is 0 Å². The van der Waals surface area contributed by atoms with Crippen molar-refractivity contribution in [2.24, 2.45) is 0 Å². The van der Waals surface area contributed by atoms with Gasteiger partial charge >= 0.3 is 11.9 Å². The number of esters is 1. The summed E-state index contributed by atoms with van der Waals surface area (Å²) in [5.41, 5.74) is 2.42. The summed E-state index contributed by atoms with van der Waals surface area (Å²) in [6, 6.07) is 0. The third-order valence-electron chi connectivity index (χ3n) is 3.32. The zero-order valence-corrected chi connectivity index (χ0v) is 15.7. The molecule has 0 amide bonds. The number of H-pyrrole nitrogens is 2. The number of aromatic carboxylic acids is 1. The molecule has 27 heavy (non-hydrogen) atoms. The van der Waals surface area contributed by atoms with Gasteiger partial charge in [-0.05, 0) is 38.8 Å². The molecular weight excluding hydrogens is 356 g/mol. The molecule has 0 saturated heterocycles. The van der Waals surface area contributed by atoms with Gasteiger partial charge in [0.1, 0.15) is 0 Å². The van der Waals surface area contributed by atoms with E-state index in [4.69, 9.17) is 14.9 Å². The highest BCUT2D eigenvalue weighted by Gasteiger charge is 2.14. The fourth-order valence-corrected chi connectivity index (χ4v) is 1.91. The molecule has 4 N–H and O–H groups in total. The molecule has 2 aromatic rings. The summed E-state index contributed by atoms with van der Waals surface area (Å²) < 4.78 is 4.79. The topological polar surface area (TPSA) is 150 Å². The molecule has 0 unspecified atom stereocenters. The average Bonchev–Trinajstić information content (AvgIpc) is 3.18. The Balaban J connectivity index is 0.000000442. The number of nitrogens with one attached hydrogen (secondary N) is 2. The maximum absolute atomic E-state index is 11.2. The number of aliphatic hydroxyl groups is 1. The quantitative estimate of drug-likeness (QED) is 0.458. The van der Waals surface area contributed by atoms with E-state index in [9.17, 15) is 19.2 Å². The second-order valence-electron chi connectivity index (χ2n) is 5.06. The van der Waals surface area contributed by atoms with Crippen LogP contribution in [0.25, 0.3) is 0 Å². The van der Waals surface area contributed by atoms with Gasteiger partial charge in [-0.1, -0.05) is 0 Å². The number of rotatable bonds is 5. The summed E-state index contributed by atoms with van der Waals surface area (Å²) >= 11 is 0. The van der Waals surface area contributed by atoms with E-state index in [0.29, 0.717) is 47.3 Å². The largest absolute Gasteiger partial charge is 0.478 e. The van der Waals surface area contributed by atoms with Gasteiger partial charge in [-0.3, -0.25) is 9.59 Å². The summed E-state index contributed by atoms with van der Waals surface area (Å²) in [6.07, 6.45) is 4.07. The third kappa shape index (κ3) is 6.90. The fourth-order valence-electron chi connectivity index (χ4n) is 1.91. The van der Waals surface area contributed by atoms with Gasteiger partial charge < -0.3 is 24.9 Å². The molecule has 2 aromatic heterocycles. The van der Waals surface area contributed by atoms with E-state index < -0.39 is 11.9 Å². The van der Waals surface area contributed by atoms with Crippen LogP contribution in [0.1, 0.15) is 66.7 Å². The van der Waals surface area contributed by atoms with Crippen LogP contribution in [-0.4, -0.2) is 57.9 Å². The number of aromatic amines is 2. The van der Waals surface area contributed by atoms with Crippen molar-refractivity contribution in [3.63, 3.8) is 0 Å². The Morgan fingerprint density at radius 3 is 1.70 bits per heavy atom. The number of carboxylic acids is 1. The molecule has 0 aliphatic rings. The van der Waals surface area contributed by atoms with E-state index in [2.05, 4.69) is 9.97 Å². The highest BCUT2D eigenvalue weighted by atomic mass is 16.5. The van der Waals surface area contributed by atoms with E-state index in [0.717, 1.165) is 0 Å². The average molecular weight is 380 g/mol. The molecule has 148 valence electrons. The highest BCUT2D eigenvalue weighted by molar-refractivity contribution is 5.94. The molecule has 0 aromatic carbocycles. The van der Waals surface area contributed by atoms with E-state index in [1.807, 2.05) is 0 Å². The monoisotopic (exact) mass is 380 g/mol. The summed E-state index contributed by atoms with van der Waals surface area (Å²) in [4.78, 5) is 47.6. The fraction of sp³-hybridized carbons (Fsp3) is 0.333. The zero-order valence-electron chi connectivity index (χ0n) is 15.7. The number of aliphatic hydroxyl groups excluding tert-OH is 1. The molecule has 9 heteroatoms. The number of carbonyl (C=O) groups is 4. The van der Waals surface area contributed by atoms with Crippen molar-refractivity contribution < 1.29 is 34.1 Å². The number of carbonyl (C=O) groups excluding carboxylic acids is 3. The van der Waals surface area contributed by atoms with E-state index in [-0.39, 0.29) is 12.2 Å². The minimum absolute atomic E-state index is 0.145. The first-order valence-corrected chi connectivity index (χ1v) is 8.06. The predicted octanol–water partition coefficient (Wildman–Crippen LogP) is 2.14. The Hall–Kier alpha value is -3.20. The number of aldehydes is 2. The zero-order chi connectivity index (χ0) is 21.0. The van der Waals surface area contributed by atoms with Gasteiger partial charge in [-0.15, -0.1) is 0 Å².